The van der Waals surface area contributed by atoms with Crippen molar-refractivity contribution in [2.24, 2.45) is 0 Å². The summed E-state index contributed by atoms with van der Waals surface area (Å²) in [6.45, 7) is 0.189. The van der Waals surface area contributed by atoms with E-state index in [9.17, 15) is 14.4 Å². The van der Waals surface area contributed by atoms with Crippen LogP contribution in [0.2, 0.25) is 0 Å². The molecule has 0 aromatic heterocycles. The standard InChI is InChI=1S/C23H19N3O3/c27-21(12-11-18-8-4-7-17-6-1-2-10-20(17)18)25-19-9-3-5-16(13-19)15-26-22(28)14-24-23(26)29/h1-13H,14-15H2,(H,24,29)(H,25,27)/b12-11+. The number of carbonyl (C=O) groups excluding carboxylic acids is 3. The maximum atomic E-state index is 12.4. The number of hydrogen-bond donors (Lipinski definition) is 2. The summed E-state index contributed by atoms with van der Waals surface area (Å²) in [6, 6.07) is 20.6. The van der Waals surface area contributed by atoms with Crippen LogP contribution in [0, 0.1) is 0 Å². The molecule has 29 heavy (non-hydrogen) atoms. The molecule has 0 saturated carbocycles. The van der Waals surface area contributed by atoms with Crippen molar-refractivity contribution >= 4 is 40.4 Å². The molecule has 1 saturated heterocycles. The summed E-state index contributed by atoms with van der Waals surface area (Å²) in [5.41, 5.74) is 2.32. The van der Waals surface area contributed by atoms with Crippen molar-refractivity contribution in [3.63, 3.8) is 0 Å². The maximum Gasteiger partial charge on any atom is 0.324 e. The highest BCUT2D eigenvalue weighted by Gasteiger charge is 2.28. The van der Waals surface area contributed by atoms with Gasteiger partial charge in [-0.05, 0) is 40.1 Å². The SMILES string of the molecule is O=C(/C=C/c1cccc2ccccc12)Nc1cccc(CN2C(=O)CNC2=O)c1. The van der Waals surface area contributed by atoms with Gasteiger partial charge in [-0.15, -0.1) is 0 Å². The first kappa shape index (κ1) is 18.4. The molecule has 6 nitrogen and oxygen atoms in total. The first-order chi connectivity index (χ1) is 14.1. The lowest BCUT2D eigenvalue weighted by Gasteiger charge is -2.13. The van der Waals surface area contributed by atoms with Gasteiger partial charge in [0.2, 0.25) is 11.8 Å². The Morgan fingerprint density at radius 1 is 1.03 bits per heavy atom. The molecule has 0 atom stereocenters. The number of imide groups is 1. The van der Waals surface area contributed by atoms with Crippen molar-refractivity contribution in [3.05, 3.63) is 83.9 Å². The number of urea groups is 1. The molecule has 0 spiro atoms. The molecule has 0 unspecified atom stereocenters. The number of nitrogens with zero attached hydrogens (tertiary/aromatic N) is 1. The Bertz CT molecular complexity index is 1120. The first-order valence-electron chi connectivity index (χ1n) is 9.24. The van der Waals surface area contributed by atoms with Gasteiger partial charge in [0, 0.05) is 11.8 Å². The second-order valence-corrected chi connectivity index (χ2v) is 6.73. The molecule has 0 bridgehead atoms. The van der Waals surface area contributed by atoms with Crippen LogP contribution in [-0.4, -0.2) is 29.3 Å². The van der Waals surface area contributed by atoms with Crippen LogP contribution in [0.3, 0.4) is 0 Å². The Labute approximate surface area is 167 Å². The van der Waals surface area contributed by atoms with E-state index in [4.69, 9.17) is 0 Å². The Hall–Kier alpha value is -3.93. The van der Waals surface area contributed by atoms with Gasteiger partial charge >= 0.3 is 6.03 Å². The fourth-order valence-electron chi connectivity index (χ4n) is 3.29. The molecule has 6 heteroatoms. The van der Waals surface area contributed by atoms with E-state index in [2.05, 4.69) is 10.6 Å². The van der Waals surface area contributed by atoms with Gasteiger partial charge in [-0.3, -0.25) is 14.5 Å². The van der Waals surface area contributed by atoms with Crippen LogP contribution < -0.4 is 10.6 Å². The minimum atomic E-state index is -0.401. The van der Waals surface area contributed by atoms with E-state index in [0.717, 1.165) is 26.8 Å². The van der Waals surface area contributed by atoms with E-state index in [1.807, 2.05) is 42.5 Å². The third kappa shape index (κ3) is 4.16. The largest absolute Gasteiger partial charge is 0.329 e. The van der Waals surface area contributed by atoms with Gasteiger partial charge in [0.25, 0.3) is 0 Å². The van der Waals surface area contributed by atoms with Crippen molar-refractivity contribution in [2.45, 2.75) is 6.54 Å². The van der Waals surface area contributed by atoms with E-state index >= 15 is 0 Å². The second kappa shape index (κ2) is 7.98. The smallest absolute Gasteiger partial charge is 0.324 e. The van der Waals surface area contributed by atoms with Crippen molar-refractivity contribution in [1.29, 1.82) is 0 Å². The number of hydrogen-bond acceptors (Lipinski definition) is 3. The minimum Gasteiger partial charge on any atom is -0.329 e. The zero-order chi connectivity index (χ0) is 20.2. The van der Waals surface area contributed by atoms with Crippen molar-refractivity contribution in [1.82, 2.24) is 10.2 Å². The zero-order valence-electron chi connectivity index (χ0n) is 15.6. The first-order valence-corrected chi connectivity index (χ1v) is 9.24. The molecule has 2 N–H and O–H groups in total. The van der Waals surface area contributed by atoms with Crippen molar-refractivity contribution < 1.29 is 14.4 Å². The normalized spacial score (nSPS) is 13.9. The predicted octanol–water partition coefficient (Wildman–Crippen LogP) is 3.54. The quantitative estimate of drug-likeness (QED) is 0.521. The Balaban J connectivity index is 1.45. The van der Waals surface area contributed by atoms with Crippen LogP contribution in [0.5, 0.6) is 0 Å². The van der Waals surface area contributed by atoms with Crippen LogP contribution in [0.4, 0.5) is 10.5 Å². The van der Waals surface area contributed by atoms with Gasteiger partial charge in [0.15, 0.2) is 0 Å². The van der Waals surface area contributed by atoms with E-state index in [1.54, 1.807) is 30.3 Å². The van der Waals surface area contributed by atoms with E-state index in [-0.39, 0.29) is 24.9 Å². The second-order valence-electron chi connectivity index (χ2n) is 6.73. The number of benzene rings is 3. The lowest BCUT2D eigenvalue weighted by Crippen LogP contribution is -2.30. The highest BCUT2D eigenvalue weighted by atomic mass is 16.2. The van der Waals surface area contributed by atoms with Crippen LogP contribution in [0.25, 0.3) is 16.8 Å². The van der Waals surface area contributed by atoms with Crippen molar-refractivity contribution in [2.75, 3.05) is 11.9 Å². The molecular weight excluding hydrogens is 366 g/mol. The molecule has 1 aliphatic heterocycles. The van der Waals surface area contributed by atoms with E-state index in [0.29, 0.717) is 5.69 Å². The molecule has 144 valence electrons. The summed E-state index contributed by atoms with van der Waals surface area (Å²) in [5.74, 6) is -0.521. The van der Waals surface area contributed by atoms with Crippen LogP contribution in [0.1, 0.15) is 11.1 Å². The lowest BCUT2D eigenvalue weighted by molar-refractivity contribution is -0.125. The maximum absolute atomic E-state index is 12.4. The summed E-state index contributed by atoms with van der Waals surface area (Å²) in [6.07, 6.45) is 3.28. The predicted molar refractivity (Wildman–Crippen MR) is 112 cm³/mol. The third-order valence-electron chi connectivity index (χ3n) is 4.71. The van der Waals surface area contributed by atoms with Gasteiger partial charge in [-0.2, -0.15) is 0 Å². The Morgan fingerprint density at radius 3 is 2.66 bits per heavy atom. The number of fused-ring (bicyclic) bond motifs is 1. The van der Waals surface area contributed by atoms with E-state index in [1.165, 1.54) is 6.08 Å². The Kier molecular flexibility index (Phi) is 5.07. The molecule has 4 rings (SSSR count). The Morgan fingerprint density at radius 2 is 1.83 bits per heavy atom. The molecule has 1 fully saturated rings. The van der Waals surface area contributed by atoms with E-state index < -0.39 is 6.03 Å². The minimum absolute atomic E-state index is 0.0220. The third-order valence-corrected chi connectivity index (χ3v) is 4.71. The molecule has 3 aromatic rings. The van der Waals surface area contributed by atoms with Gasteiger partial charge in [-0.1, -0.05) is 54.6 Å². The molecule has 0 radical (unpaired) electrons. The van der Waals surface area contributed by atoms with Gasteiger partial charge in [-0.25, -0.2) is 4.79 Å². The number of amides is 4. The molecule has 1 aliphatic rings. The van der Waals surface area contributed by atoms with Crippen LogP contribution >= 0.6 is 0 Å². The van der Waals surface area contributed by atoms with Gasteiger partial charge in [0.1, 0.15) is 0 Å². The van der Waals surface area contributed by atoms with Crippen LogP contribution in [-0.2, 0) is 16.1 Å². The topological polar surface area (TPSA) is 78.5 Å². The van der Waals surface area contributed by atoms with Gasteiger partial charge in [0.05, 0.1) is 13.1 Å². The molecule has 0 aliphatic carbocycles. The molecule has 3 aromatic carbocycles. The summed E-state index contributed by atoms with van der Waals surface area (Å²) in [5, 5.41) is 7.50. The number of carbonyl (C=O) groups is 3. The average Bonchev–Trinajstić information content (AvgIpc) is 3.04. The monoisotopic (exact) mass is 385 g/mol. The van der Waals surface area contributed by atoms with Crippen molar-refractivity contribution in [3.8, 4) is 0 Å². The zero-order valence-corrected chi connectivity index (χ0v) is 15.6. The molecular formula is C23H19N3O3. The summed E-state index contributed by atoms with van der Waals surface area (Å²) in [4.78, 5) is 36.9. The highest BCUT2D eigenvalue weighted by Crippen LogP contribution is 2.20. The number of rotatable bonds is 5. The van der Waals surface area contributed by atoms with Crippen LogP contribution in [0.15, 0.2) is 72.8 Å². The highest BCUT2D eigenvalue weighted by molar-refractivity contribution is 6.04. The number of nitrogens with one attached hydrogen (secondary N) is 2. The molecule has 4 amide bonds. The molecule has 1 heterocycles. The summed E-state index contributed by atoms with van der Waals surface area (Å²) < 4.78 is 0. The van der Waals surface area contributed by atoms with Gasteiger partial charge < -0.3 is 10.6 Å². The summed E-state index contributed by atoms with van der Waals surface area (Å²) >= 11 is 0. The average molecular weight is 385 g/mol. The lowest BCUT2D eigenvalue weighted by atomic mass is 10.0. The summed E-state index contributed by atoms with van der Waals surface area (Å²) in [7, 11) is 0. The fourth-order valence-corrected chi connectivity index (χ4v) is 3.29. The fraction of sp³-hybridized carbons (Fsp3) is 0.0870. The number of anilines is 1.